The Labute approximate surface area is 111 Å². The van der Waals surface area contributed by atoms with Crippen LogP contribution in [0.5, 0.6) is 5.88 Å². The molecule has 1 aromatic heterocycles. The lowest BCUT2D eigenvalue weighted by Gasteiger charge is -2.10. The van der Waals surface area contributed by atoms with Gasteiger partial charge in [0.05, 0.1) is 18.1 Å². The molecule has 1 aliphatic heterocycles. The first-order chi connectivity index (χ1) is 9.00. The molecule has 104 valence electrons. The summed E-state index contributed by atoms with van der Waals surface area (Å²) in [6.45, 7) is 2.25. The Balaban J connectivity index is 2.02. The van der Waals surface area contributed by atoms with Gasteiger partial charge in [0.2, 0.25) is 5.88 Å². The summed E-state index contributed by atoms with van der Waals surface area (Å²) < 4.78 is 27.8. The van der Waals surface area contributed by atoms with Crippen LogP contribution in [0, 0.1) is 0 Å². The van der Waals surface area contributed by atoms with Gasteiger partial charge in [0.1, 0.15) is 12.0 Å². The molecule has 1 fully saturated rings. The lowest BCUT2D eigenvalue weighted by molar-refractivity contribution is 0.0935. The highest BCUT2D eigenvalue weighted by Gasteiger charge is 2.29. The topological polar surface area (TPSA) is 98.2 Å². The SMILES string of the molecule is CCOc1cc(C(=O)N[C@H]2CCS(=O)(=O)C2)ncn1. The van der Waals surface area contributed by atoms with E-state index in [1.54, 1.807) is 0 Å². The Kier molecular flexibility index (Phi) is 3.98. The van der Waals surface area contributed by atoms with Crippen LogP contribution in [-0.2, 0) is 9.84 Å². The fourth-order valence-corrected chi connectivity index (χ4v) is 3.53. The highest BCUT2D eigenvalue weighted by Crippen LogP contribution is 2.12. The summed E-state index contributed by atoms with van der Waals surface area (Å²) in [6.07, 6.45) is 1.68. The highest BCUT2D eigenvalue weighted by molar-refractivity contribution is 7.91. The zero-order valence-corrected chi connectivity index (χ0v) is 11.3. The molecule has 2 heterocycles. The maximum absolute atomic E-state index is 11.9. The third kappa shape index (κ3) is 3.63. The quantitative estimate of drug-likeness (QED) is 0.822. The average Bonchev–Trinajstić information content (AvgIpc) is 2.69. The molecule has 0 spiro atoms. The van der Waals surface area contributed by atoms with Crippen LogP contribution >= 0.6 is 0 Å². The van der Waals surface area contributed by atoms with Crippen molar-refractivity contribution in [2.75, 3.05) is 18.1 Å². The van der Waals surface area contributed by atoms with E-state index in [1.807, 2.05) is 6.92 Å². The normalized spacial score (nSPS) is 21.0. The van der Waals surface area contributed by atoms with Crippen molar-refractivity contribution in [3.05, 3.63) is 18.1 Å². The fourth-order valence-electron chi connectivity index (χ4n) is 1.86. The molecule has 1 aromatic rings. The minimum absolute atomic E-state index is 0.0118. The Bertz CT molecular complexity index is 573. The van der Waals surface area contributed by atoms with Crippen LogP contribution in [0.1, 0.15) is 23.8 Å². The molecule has 19 heavy (non-hydrogen) atoms. The summed E-state index contributed by atoms with van der Waals surface area (Å²) in [5.74, 6) is 0.0146. The van der Waals surface area contributed by atoms with Crippen molar-refractivity contribution in [1.82, 2.24) is 15.3 Å². The smallest absolute Gasteiger partial charge is 0.270 e. The van der Waals surface area contributed by atoms with Gasteiger partial charge in [-0.1, -0.05) is 0 Å². The van der Waals surface area contributed by atoms with Gasteiger partial charge in [0.25, 0.3) is 5.91 Å². The summed E-state index contributed by atoms with van der Waals surface area (Å²) in [7, 11) is -3.01. The molecule has 1 saturated heterocycles. The van der Waals surface area contributed by atoms with Crippen LogP contribution in [0.4, 0.5) is 0 Å². The molecule has 0 aromatic carbocycles. The van der Waals surface area contributed by atoms with Gasteiger partial charge in [0, 0.05) is 12.1 Å². The van der Waals surface area contributed by atoms with Crippen LogP contribution in [-0.4, -0.2) is 48.4 Å². The number of ether oxygens (including phenoxy) is 1. The number of rotatable bonds is 4. The summed E-state index contributed by atoms with van der Waals surface area (Å²) in [5, 5.41) is 2.66. The van der Waals surface area contributed by atoms with Crippen LogP contribution in [0.15, 0.2) is 12.4 Å². The largest absolute Gasteiger partial charge is 0.478 e. The molecule has 2 rings (SSSR count). The third-order valence-corrected chi connectivity index (χ3v) is 4.50. The van der Waals surface area contributed by atoms with Crippen LogP contribution in [0.25, 0.3) is 0 Å². The zero-order chi connectivity index (χ0) is 13.9. The zero-order valence-electron chi connectivity index (χ0n) is 10.5. The van der Waals surface area contributed by atoms with E-state index >= 15 is 0 Å². The molecule has 7 nitrogen and oxygen atoms in total. The van der Waals surface area contributed by atoms with Crippen LogP contribution in [0.3, 0.4) is 0 Å². The molecule has 0 bridgehead atoms. The average molecular weight is 285 g/mol. The van der Waals surface area contributed by atoms with Crippen LogP contribution in [0.2, 0.25) is 0 Å². The van der Waals surface area contributed by atoms with Crippen molar-refractivity contribution in [2.24, 2.45) is 0 Å². The molecule has 0 saturated carbocycles. The number of nitrogens with zero attached hydrogens (tertiary/aromatic N) is 2. The van der Waals surface area contributed by atoms with E-state index in [9.17, 15) is 13.2 Å². The van der Waals surface area contributed by atoms with Gasteiger partial charge in [0.15, 0.2) is 9.84 Å². The van der Waals surface area contributed by atoms with Crippen molar-refractivity contribution in [1.29, 1.82) is 0 Å². The van der Waals surface area contributed by atoms with Crippen molar-refractivity contribution >= 4 is 15.7 Å². The molecule has 8 heteroatoms. The van der Waals surface area contributed by atoms with Gasteiger partial charge >= 0.3 is 0 Å². The van der Waals surface area contributed by atoms with E-state index < -0.39 is 15.7 Å². The monoisotopic (exact) mass is 285 g/mol. The summed E-state index contributed by atoms with van der Waals surface area (Å²) >= 11 is 0. The van der Waals surface area contributed by atoms with E-state index in [-0.39, 0.29) is 23.2 Å². The van der Waals surface area contributed by atoms with Gasteiger partial charge in [-0.2, -0.15) is 0 Å². The number of amides is 1. The first-order valence-electron chi connectivity index (χ1n) is 5.96. The standard InChI is InChI=1S/C11H15N3O4S/c1-2-18-10-5-9(12-7-13-10)11(15)14-8-3-4-19(16,17)6-8/h5,7-8H,2-4,6H2,1H3,(H,14,15)/t8-/m0/s1. The second-order valence-corrected chi connectivity index (χ2v) is 6.48. The Hall–Kier alpha value is -1.70. The Morgan fingerprint density at radius 2 is 2.32 bits per heavy atom. The summed E-state index contributed by atoms with van der Waals surface area (Å²) in [4.78, 5) is 19.6. The summed E-state index contributed by atoms with van der Waals surface area (Å²) in [6, 6.07) is 1.09. The lowest BCUT2D eigenvalue weighted by atomic mass is 10.2. The second-order valence-electron chi connectivity index (χ2n) is 4.25. The molecule has 1 aliphatic rings. The molecular weight excluding hydrogens is 270 g/mol. The molecular formula is C11H15N3O4S. The van der Waals surface area contributed by atoms with Gasteiger partial charge in [-0.25, -0.2) is 18.4 Å². The maximum atomic E-state index is 11.9. The highest BCUT2D eigenvalue weighted by atomic mass is 32.2. The fraction of sp³-hybridized carbons (Fsp3) is 0.545. The van der Waals surface area contributed by atoms with Gasteiger partial charge in [-0.15, -0.1) is 0 Å². The van der Waals surface area contributed by atoms with Crippen molar-refractivity contribution in [3.63, 3.8) is 0 Å². The molecule has 0 aliphatic carbocycles. The molecule has 1 atom stereocenters. The lowest BCUT2D eigenvalue weighted by Crippen LogP contribution is -2.36. The van der Waals surface area contributed by atoms with Crippen molar-refractivity contribution < 1.29 is 17.9 Å². The first-order valence-corrected chi connectivity index (χ1v) is 7.78. The van der Waals surface area contributed by atoms with Crippen molar-refractivity contribution in [3.8, 4) is 5.88 Å². The predicted molar refractivity (Wildman–Crippen MR) is 67.7 cm³/mol. The molecule has 0 unspecified atom stereocenters. The number of carbonyl (C=O) groups is 1. The Morgan fingerprint density at radius 3 is 2.95 bits per heavy atom. The van der Waals surface area contributed by atoms with E-state index in [4.69, 9.17) is 4.74 Å². The number of hydrogen-bond donors (Lipinski definition) is 1. The molecule has 1 N–H and O–H groups in total. The Morgan fingerprint density at radius 1 is 1.53 bits per heavy atom. The van der Waals surface area contributed by atoms with Gasteiger partial charge in [-0.05, 0) is 13.3 Å². The third-order valence-electron chi connectivity index (χ3n) is 2.73. The van der Waals surface area contributed by atoms with E-state index in [2.05, 4.69) is 15.3 Å². The maximum Gasteiger partial charge on any atom is 0.270 e. The number of aromatic nitrogens is 2. The molecule has 1 amide bonds. The van der Waals surface area contributed by atoms with Gasteiger partial charge < -0.3 is 10.1 Å². The van der Waals surface area contributed by atoms with E-state index in [0.29, 0.717) is 18.9 Å². The van der Waals surface area contributed by atoms with Gasteiger partial charge in [-0.3, -0.25) is 4.79 Å². The van der Waals surface area contributed by atoms with E-state index in [1.165, 1.54) is 12.4 Å². The molecule has 0 radical (unpaired) electrons. The predicted octanol–water partition coefficient (Wildman–Crippen LogP) is -0.208. The minimum Gasteiger partial charge on any atom is -0.478 e. The van der Waals surface area contributed by atoms with Crippen LogP contribution < -0.4 is 10.1 Å². The van der Waals surface area contributed by atoms with E-state index in [0.717, 1.165) is 0 Å². The number of nitrogens with one attached hydrogen (secondary N) is 1. The number of hydrogen-bond acceptors (Lipinski definition) is 6. The number of carbonyl (C=O) groups excluding carboxylic acids is 1. The van der Waals surface area contributed by atoms with Crippen molar-refractivity contribution in [2.45, 2.75) is 19.4 Å². The minimum atomic E-state index is -3.01. The first kappa shape index (κ1) is 13.7. The summed E-state index contributed by atoms with van der Waals surface area (Å²) in [5.41, 5.74) is 0.169. The number of sulfone groups is 1. The second kappa shape index (κ2) is 5.52.